The average Bonchev–Trinajstić information content (AvgIpc) is 2.87. The second-order valence-electron chi connectivity index (χ2n) is 8.35. The highest BCUT2D eigenvalue weighted by Crippen LogP contribution is 2.40. The Hall–Kier alpha value is -3.33. The van der Waals surface area contributed by atoms with Crippen molar-refractivity contribution in [1.29, 1.82) is 0 Å². The summed E-state index contributed by atoms with van der Waals surface area (Å²) in [5, 5.41) is 5.36. The fourth-order valence-electron chi connectivity index (χ4n) is 4.40. The smallest absolute Gasteiger partial charge is 0.325 e. The monoisotopic (exact) mass is 495 g/mol. The number of fused-ring (bicyclic) bond motifs is 3. The zero-order valence-corrected chi connectivity index (χ0v) is 21.4. The molecule has 3 aromatic rings. The van der Waals surface area contributed by atoms with Crippen LogP contribution in [0.15, 0.2) is 52.4 Å². The molecule has 0 aliphatic carbocycles. The average molecular weight is 496 g/mol. The van der Waals surface area contributed by atoms with Gasteiger partial charge in [0.2, 0.25) is 11.1 Å². The van der Waals surface area contributed by atoms with E-state index in [2.05, 4.69) is 11.9 Å². The van der Waals surface area contributed by atoms with Crippen LogP contribution in [-0.2, 0) is 4.79 Å². The molecule has 0 radical (unpaired) electrons. The number of para-hydroxylation sites is 1. The van der Waals surface area contributed by atoms with Gasteiger partial charge in [0.1, 0.15) is 11.5 Å². The molecule has 184 valence electrons. The molecule has 0 fully saturated rings. The summed E-state index contributed by atoms with van der Waals surface area (Å²) in [7, 11) is 3.16. The Kier molecular flexibility index (Phi) is 7.75. The Morgan fingerprint density at radius 2 is 1.94 bits per heavy atom. The Morgan fingerprint density at radius 1 is 1.14 bits per heavy atom. The Balaban J connectivity index is 1.91. The van der Waals surface area contributed by atoms with E-state index >= 15 is 0 Å². The van der Waals surface area contributed by atoms with Gasteiger partial charge in [-0.25, -0.2) is 4.90 Å². The lowest BCUT2D eigenvalue weighted by molar-refractivity contribution is -0.763. The van der Waals surface area contributed by atoms with E-state index < -0.39 is 6.17 Å². The van der Waals surface area contributed by atoms with Gasteiger partial charge in [-0.3, -0.25) is 14.6 Å². The molecule has 1 amide bonds. The summed E-state index contributed by atoms with van der Waals surface area (Å²) >= 11 is 1.52. The number of amides is 1. The summed E-state index contributed by atoms with van der Waals surface area (Å²) in [4.78, 5) is 31.1. The minimum Gasteiger partial charge on any atom is -0.497 e. The molecule has 4 rings (SSSR count). The second kappa shape index (κ2) is 10.9. The standard InChI is InChI=1S/C26H30N4O4S/c1-5-6-7-10-15-35-26-27-24(32)23-19-11-8-9-12-21(19)29(17(2)31)25(30(23)28-26)20-16-18(33-3)13-14-22(20)34-4/h8-9,11-14,16,25H,5-7,10,15H2,1-4H3/p+1. The number of carbonyl (C=O) groups is 1. The topological polar surface area (TPSA) is 88.4 Å². The molecule has 8 nitrogen and oxygen atoms in total. The lowest BCUT2D eigenvalue weighted by Crippen LogP contribution is -2.60. The van der Waals surface area contributed by atoms with E-state index in [1.54, 1.807) is 35.9 Å². The van der Waals surface area contributed by atoms with Gasteiger partial charge >= 0.3 is 11.3 Å². The minimum absolute atomic E-state index is 0.179. The number of thioether (sulfide) groups is 1. The lowest BCUT2D eigenvalue weighted by Gasteiger charge is -2.32. The molecule has 2 heterocycles. The number of methoxy groups -OCH3 is 2. The first-order valence-corrected chi connectivity index (χ1v) is 12.8. The Bertz CT molecular complexity index is 1280. The van der Waals surface area contributed by atoms with Crippen LogP contribution in [0.2, 0.25) is 0 Å². The van der Waals surface area contributed by atoms with Crippen molar-refractivity contribution < 1.29 is 19.0 Å². The van der Waals surface area contributed by atoms with Crippen molar-refractivity contribution in [2.24, 2.45) is 0 Å². The van der Waals surface area contributed by atoms with E-state index in [4.69, 9.17) is 14.6 Å². The fourth-order valence-corrected chi connectivity index (χ4v) is 5.25. The molecule has 1 aliphatic heterocycles. The number of nitrogens with zero attached hydrogens (tertiary/aromatic N) is 3. The third-order valence-electron chi connectivity index (χ3n) is 6.05. The van der Waals surface area contributed by atoms with Crippen molar-refractivity contribution in [3.05, 3.63) is 58.4 Å². The number of aromatic amines is 1. The minimum atomic E-state index is -0.732. The predicted octanol–water partition coefficient (Wildman–Crippen LogP) is 4.33. The molecule has 1 atom stereocenters. The maximum absolute atomic E-state index is 13.4. The fraction of sp³-hybridized carbons (Fsp3) is 0.385. The second-order valence-corrected chi connectivity index (χ2v) is 9.43. The summed E-state index contributed by atoms with van der Waals surface area (Å²) in [6.45, 7) is 3.69. The predicted molar refractivity (Wildman–Crippen MR) is 136 cm³/mol. The number of carbonyl (C=O) groups excluding carboxylic acids is 1. The third-order valence-corrected chi connectivity index (χ3v) is 7.00. The van der Waals surface area contributed by atoms with Crippen LogP contribution in [0, 0.1) is 0 Å². The summed E-state index contributed by atoms with van der Waals surface area (Å²) in [6.07, 6.45) is 3.80. The van der Waals surface area contributed by atoms with Crippen LogP contribution in [0.3, 0.4) is 0 Å². The number of aromatic nitrogens is 3. The lowest BCUT2D eigenvalue weighted by atomic mass is 10.0. The molecule has 0 saturated heterocycles. The largest absolute Gasteiger partial charge is 0.497 e. The number of hydrogen-bond donors (Lipinski definition) is 1. The number of unbranched alkanes of at least 4 members (excludes halogenated alkanes) is 3. The first-order valence-electron chi connectivity index (χ1n) is 11.8. The van der Waals surface area contributed by atoms with Crippen molar-refractivity contribution in [2.45, 2.75) is 50.9 Å². The van der Waals surface area contributed by atoms with Crippen molar-refractivity contribution >= 4 is 23.4 Å². The number of nitrogens with one attached hydrogen (secondary N) is 1. The molecule has 1 aromatic heterocycles. The normalized spacial score (nSPS) is 14.3. The first-order chi connectivity index (χ1) is 17.0. The number of hydrogen-bond acceptors (Lipinski definition) is 6. The van der Waals surface area contributed by atoms with E-state index in [1.165, 1.54) is 31.5 Å². The molecule has 0 bridgehead atoms. The highest BCUT2D eigenvalue weighted by Gasteiger charge is 2.46. The maximum Gasteiger partial charge on any atom is 0.325 e. The maximum atomic E-state index is 13.4. The zero-order valence-electron chi connectivity index (χ0n) is 20.5. The molecule has 2 aromatic carbocycles. The summed E-state index contributed by atoms with van der Waals surface area (Å²) < 4.78 is 12.8. The highest BCUT2D eigenvalue weighted by atomic mass is 32.2. The molecular formula is C26H31N4O4S+. The molecule has 1 N–H and O–H groups in total. The van der Waals surface area contributed by atoms with Gasteiger partial charge in [0.15, 0.2) is 0 Å². The van der Waals surface area contributed by atoms with Crippen molar-refractivity contribution in [3.63, 3.8) is 0 Å². The van der Waals surface area contributed by atoms with Crippen molar-refractivity contribution in [3.8, 4) is 22.8 Å². The molecular weight excluding hydrogens is 464 g/mol. The quantitative estimate of drug-likeness (QED) is 0.270. The van der Waals surface area contributed by atoms with Crippen LogP contribution < -0.4 is 24.6 Å². The third kappa shape index (κ3) is 4.91. The Morgan fingerprint density at radius 3 is 2.66 bits per heavy atom. The summed E-state index contributed by atoms with van der Waals surface area (Å²) in [6, 6.07) is 12.8. The van der Waals surface area contributed by atoms with Crippen LogP contribution in [0.5, 0.6) is 11.5 Å². The Labute approximate surface area is 209 Å². The van der Waals surface area contributed by atoms with Gasteiger partial charge in [0.05, 0.1) is 31.0 Å². The van der Waals surface area contributed by atoms with Gasteiger partial charge in [-0.15, -0.1) is 0 Å². The first kappa shape index (κ1) is 24.8. The van der Waals surface area contributed by atoms with Gasteiger partial charge in [0, 0.05) is 17.8 Å². The van der Waals surface area contributed by atoms with Crippen LogP contribution in [0.4, 0.5) is 5.69 Å². The van der Waals surface area contributed by atoms with E-state index in [0.717, 1.165) is 18.6 Å². The van der Waals surface area contributed by atoms with Gasteiger partial charge in [0.25, 0.3) is 6.17 Å². The zero-order chi connectivity index (χ0) is 24.9. The van der Waals surface area contributed by atoms with E-state index in [0.29, 0.717) is 39.2 Å². The SMILES string of the molecule is CCCCCCSc1n[n+]2c(c(=O)[nH]1)-c1ccccc1N(C(C)=O)C2c1cc(OC)ccc1OC. The van der Waals surface area contributed by atoms with E-state index in [1.807, 2.05) is 30.3 Å². The number of benzene rings is 2. The van der Waals surface area contributed by atoms with Gasteiger partial charge in [-0.2, -0.15) is 0 Å². The molecule has 0 saturated carbocycles. The van der Waals surface area contributed by atoms with Crippen LogP contribution in [-0.4, -0.2) is 36.0 Å². The number of rotatable bonds is 9. The molecule has 1 aliphatic rings. The van der Waals surface area contributed by atoms with Crippen molar-refractivity contribution in [2.75, 3.05) is 24.9 Å². The van der Waals surface area contributed by atoms with Gasteiger partial charge < -0.3 is 9.47 Å². The van der Waals surface area contributed by atoms with Crippen LogP contribution >= 0.6 is 11.8 Å². The number of ether oxygens (including phenoxy) is 2. The summed E-state index contributed by atoms with van der Waals surface area (Å²) in [5.41, 5.74) is 2.10. The van der Waals surface area contributed by atoms with Gasteiger partial charge in [-0.05, 0) is 41.4 Å². The molecule has 0 spiro atoms. The van der Waals surface area contributed by atoms with E-state index in [9.17, 15) is 9.59 Å². The highest BCUT2D eigenvalue weighted by molar-refractivity contribution is 7.99. The van der Waals surface area contributed by atoms with Crippen LogP contribution in [0.1, 0.15) is 51.3 Å². The van der Waals surface area contributed by atoms with Gasteiger partial charge in [-0.1, -0.05) is 50.1 Å². The molecule has 9 heteroatoms. The summed E-state index contributed by atoms with van der Waals surface area (Å²) in [5.74, 6) is 1.85. The van der Waals surface area contributed by atoms with Crippen molar-refractivity contribution in [1.82, 2.24) is 10.1 Å². The number of H-pyrrole nitrogens is 1. The number of anilines is 1. The molecule has 1 unspecified atom stereocenters. The van der Waals surface area contributed by atoms with E-state index in [-0.39, 0.29) is 11.5 Å². The molecule has 35 heavy (non-hydrogen) atoms. The van der Waals surface area contributed by atoms with Crippen LogP contribution in [0.25, 0.3) is 11.3 Å².